The summed E-state index contributed by atoms with van der Waals surface area (Å²) < 4.78 is 4.76. The number of aryl methyl sites for hydroxylation is 1. The number of esters is 1. The Kier molecular flexibility index (Phi) is 7.62. The Hall–Kier alpha value is -2.12. The fourth-order valence-electron chi connectivity index (χ4n) is 2.71. The molecule has 146 valence electrons. The standard InChI is InChI=1S/C18H20Cl2N2O5/c1-2-27-15(23)10-22-9-12(16(24)18(22)26)17(25)21-7-3-4-11-5-6-13(19)14(20)8-11/h5-6,8,12H,2-4,7,9-10H2,1H3,(H,21,25). The first-order chi connectivity index (χ1) is 12.8. The van der Waals surface area contributed by atoms with Crippen LogP contribution in [0, 0.1) is 5.92 Å². The lowest BCUT2D eigenvalue weighted by Crippen LogP contribution is -2.36. The van der Waals surface area contributed by atoms with Crippen LogP contribution in [0.25, 0.3) is 0 Å². The second-order valence-electron chi connectivity index (χ2n) is 6.05. The first-order valence-corrected chi connectivity index (χ1v) is 9.29. The second-order valence-corrected chi connectivity index (χ2v) is 6.86. The molecule has 9 heteroatoms. The quantitative estimate of drug-likeness (QED) is 0.302. The van der Waals surface area contributed by atoms with Crippen molar-refractivity contribution in [2.75, 3.05) is 26.2 Å². The summed E-state index contributed by atoms with van der Waals surface area (Å²) in [6.45, 7) is 1.71. The third kappa shape index (κ3) is 5.68. The molecule has 27 heavy (non-hydrogen) atoms. The number of amides is 2. The molecule has 1 aromatic rings. The Balaban J connectivity index is 1.79. The van der Waals surface area contributed by atoms with Crippen molar-refractivity contribution in [3.05, 3.63) is 33.8 Å². The average Bonchev–Trinajstić information content (AvgIpc) is 2.90. The van der Waals surface area contributed by atoms with Gasteiger partial charge in [0.1, 0.15) is 12.5 Å². The van der Waals surface area contributed by atoms with E-state index in [2.05, 4.69) is 5.32 Å². The van der Waals surface area contributed by atoms with Crippen LogP contribution in [0.3, 0.4) is 0 Å². The molecule has 1 heterocycles. The lowest BCUT2D eigenvalue weighted by atomic mass is 10.1. The summed E-state index contributed by atoms with van der Waals surface area (Å²) in [7, 11) is 0. The van der Waals surface area contributed by atoms with Crippen LogP contribution in [0.5, 0.6) is 0 Å². The van der Waals surface area contributed by atoms with Gasteiger partial charge in [-0.3, -0.25) is 19.2 Å². The SMILES string of the molecule is CCOC(=O)CN1CC(C(=O)NCCCc2ccc(Cl)c(Cl)c2)C(=O)C1=O. The van der Waals surface area contributed by atoms with Gasteiger partial charge in [-0.05, 0) is 37.5 Å². The fraction of sp³-hybridized carbons (Fsp3) is 0.444. The van der Waals surface area contributed by atoms with Gasteiger partial charge in [0.15, 0.2) is 0 Å². The number of benzene rings is 1. The lowest BCUT2D eigenvalue weighted by Gasteiger charge is -2.14. The molecule has 0 aromatic heterocycles. The zero-order valence-electron chi connectivity index (χ0n) is 14.8. The maximum Gasteiger partial charge on any atom is 0.325 e. The molecular formula is C18H20Cl2N2O5. The van der Waals surface area contributed by atoms with E-state index in [4.69, 9.17) is 27.9 Å². The van der Waals surface area contributed by atoms with Crippen LogP contribution in [-0.2, 0) is 30.3 Å². The molecule has 2 amide bonds. The summed E-state index contributed by atoms with van der Waals surface area (Å²) in [5.41, 5.74) is 0.978. The third-order valence-electron chi connectivity index (χ3n) is 4.08. The number of likely N-dealkylation sites (tertiary alicyclic amines) is 1. The number of ether oxygens (including phenoxy) is 1. The molecule has 0 spiro atoms. The van der Waals surface area contributed by atoms with E-state index in [1.165, 1.54) is 0 Å². The van der Waals surface area contributed by atoms with Crippen molar-refractivity contribution in [3.63, 3.8) is 0 Å². The normalized spacial score (nSPS) is 16.6. The number of hydrogen-bond donors (Lipinski definition) is 1. The van der Waals surface area contributed by atoms with Crippen molar-refractivity contribution in [3.8, 4) is 0 Å². The number of ketones is 1. The summed E-state index contributed by atoms with van der Waals surface area (Å²) in [5.74, 6) is -3.87. The van der Waals surface area contributed by atoms with E-state index >= 15 is 0 Å². The average molecular weight is 415 g/mol. The minimum absolute atomic E-state index is 0.116. The first-order valence-electron chi connectivity index (χ1n) is 8.53. The van der Waals surface area contributed by atoms with Crippen LogP contribution in [0.2, 0.25) is 10.0 Å². The largest absolute Gasteiger partial charge is 0.465 e. The molecule has 7 nitrogen and oxygen atoms in total. The van der Waals surface area contributed by atoms with Crippen LogP contribution in [0.15, 0.2) is 18.2 Å². The van der Waals surface area contributed by atoms with Gasteiger partial charge in [-0.2, -0.15) is 0 Å². The zero-order valence-corrected chi connectivity index (χ0v) is 16.3. The molecule has 1 N–H and O–H groups in total. The molecule has 0 aliphatic carbocycles. The Morgan fingerprint density at radius 2 is 2.00 bits per heavy atom. The molecule has 1 aromatic carbocycles. The van der Waals surface area contributed by atoms with Crippen molar-refractivity contribution >= 4 is 46.8 Å². The van der Waals surface area contributed by atoms with E-state index in [0.29, 0.717) is 29.4 Å². The van der Waals surface area contributed by atoms with Crippen molar-refractivity contribution in [1.82, 2.24) is 10.2 Å². The van der Waals surface area contributed by atoms with Crippen LogP contribution in [0.1, 0.15) is 18.9 Å². The first kappa shape index (κ1) is 21.2. The Bertz CT molecular complexity index is 753. The Labute approximate surface area is 166 Å². The van der Waals surface area contributed by atoms with E-state index in [0.717, 1.165) is 10.5 Å². The van der Waals surface area contributed by atoms with Crippen LogP contribution in [0.4, 0.5) is 0 Å². The molecule has 1 aliphatic rings. The molecular weight excluding hydrogens is 395 g/mol. The number of halogens is 2. The summed E-state index contributed by atoms with van der Waals surface area (Å²) >= 11 is 11.8. The van der Waals surface area contributed by atoms with Gasteiger partial charge in [0.05, 0.1) is 16.7 Å². The highest BCUT2D eigenvalue weighted by Gasteiger charge is 2.43. The van der Waals surface area contributed by atoms with Crippen LogP contribution >= 0.6 is 23.2 Å². The minimum atomic E-state index is -1.10. The summed E-state index contributed by atoms with van der Waals surface area (Å²) in [5, 5.41) is 3.60. The molecule has 2 rings (SSSR count). The van der Waals surface area contributed by atoms with Gasteiger partial charge in [-0.25, -0.2) is 0 Å². The van der Waals surface area contributed by atoms with Crippen molar-refractivity contribution < 1.29 is 23.9 Å². The van der Waals surface area contributed by atoms with Gasteiger partial charge in [0.25, 0.3) is 5.91 Å². The number of hydrogen-bond acceptors (Lipinski definition) is 5. The number of carbonyl (C=O) groups is 4. The van der Waals surface area contributed by atoms with Gasteiger partial charge < -0.3 is 15.0 Å². The number of nitrogens with one attached hydrogen (secondary N) is 1. The van der Waals surface area contributed by atoms with Gasteiger partial charge in [0, 0.05) is 13.1 Å². The number of nitrogens with zero attached hydrogens (tertiary/aromatic N) is 1. The molecule has 0 bridgehead atoms. The minimum Gasteiger partial charge on any atom is -0.465 e. The van der Waals surface area contributed by atoms with Crippen molar-refractivity contribution in [2.24, 2.45) is 5.92 Å². The third-order valence-corrected chi connectivity index (χ3v) is 4.82. The predicted octanol–water partition coefficient (Wildman–Crippen LogP) is 1.63. The van der Waals surface area contributed by atoms with E-state index in [-0.39, 0.29) is 19.7 Å². The van der Waals surface area contributed by atoms with Gasteiger partial charge >= 0.3 is 5.97 Å². The fourth-order valence-corrected chi connectivity index (χ4v) is 3.04. The smallest absolute Gasteiger partial charge is 0.325 e. The molecule has 1 unspecified atom stereocenters. The van der Waals surface area contributed by atoms with Gasteiger partial charge in [-0.15, -0.1) is 0 Å². The summed E-state index contributed by atoms with van der Waals surface area (Å²) in [6.07, 6.45) is 1.30. The lowest BCUT2D eigenvalue weighted by molar-refractivity contribution is -0.149. The zero-order chi connectivity index (χ0) is 20.0. The molecule has 0 saturated carbocycles. The number of Topliss-reactive ketones (excluding diaryl/α,β-unsaturated/α-hetero) is 1. The predicted molar refractivity (Wildman–Crippen MR) is 99.5 cm³/mol. The second kappa shape index (κ2) is 9.71. The van der Waals surface area contributed by atoms with Gasteiger partial charge in [-0.1, -0.05) is 29.3 Å². The van der Waals surface area contributed by atoms with E-state index < -0.39 is 29.5 Å². The molecule has 1 atom stereocenters. The van der Waals surface area contributed by atoms with Gasteiger partial charge in [0.2, 0.25) is 11.7 Å². The Morgan fingerprint density at radius 1 is 1.26 bits per heavy atom. The molecule has 1 fully saturated rings. The highest BCUT2D eigenvalue weighted by Crippen LogP contribution is 2.23. The summed E-state index contributed by atoms with van der Waals surface area (Å²) in [6, 6.07) is 5.32. The van der Waals surface area contributed by atoms with E-state index in [1.54, 1.807) is 19.1 Å². The molecule has 1 saturated heterocycles. The number of carbonyl (C=O) groups excluding carboxylic acids is 4. The van der Waals surface area contributed by atoms with Crippen LogP contribution in [-0.4, -0.2) is 54.7 Å². The monoisotopic (exact) mass is 414 g/mol. The molecule has 0 radical (unpaired) electrons. The highest BCUT2D eigenvalue weighted by atomic mass is 35.5. The topological polar surface area (TPSA) is 92.8 Å². The Morgan fingerprint density at radius 3 is 2.67 bits per heavy atom. The van der Waals surface area contributed by atoms with E-state index in [1.807, 2.05) is 6.07 Å². The van der Waals surface area contributed by atoms with E-state index in [9.17, 15) is 19.2 Å². The highest BCUT2D eigenvalue weighted by molar-refractivity contribution is 6.43. The molecule has 1 aliphatic heterocycles. The van der Waals surface area contributed by atoms with Crippen molar-refractivity contribution in [1.29, 1.82) is 0 Å². The number of rotatable bonds is 8. The summed E-state index contributed by atoms with van der Waals surface area (Å²) in [4.78, 5) is 48.6. The maximum absolute atomic E-state index is 12.2. The maximum atomic E-state index is 12.2. The van der Waals surface area contributed by atoms with Crippen LogP contribution < -0.4 is 5.32 Å². The van der Waals surface area contributed by atoms with Crippen molar-refractivity contribution in [2.45, 2.75) is 19.8 Å².